The fourth-order valence-electron chi connectivity index (χ4n) is 1.68. The van der Waals surface area contributed by atoms with Gasteiger partial charge >= 0.3 is 0 Å². The summed E-state index contributed by atoms with van der Waals surface area (Å²) in [6, 6.07) is 14.8. The van der Waals surface area contributed by atoms with Gasteiger partial charge in [-0.25, -0.2) is 0 Å². The molecule has 122 valence electrons. The van der Waals surface area contributed by atoms with Crippen LogP contribution < -0.4 is 0 Å². The normalized spacial score (nSPS) is 11.2. The zero-order valence-electron chi connectivity index (χ0n) is 12.9. The van der Waals surface area contributed by atoms with Crippen molar-refractivity contribution in [1.29, 1.82) is 0 Å². The lowest BCUT2D eigenvalue weighted by molar-refractivity contribution is 0.0983. The maximum Gasteiger partial charge on any atom is 0.176 e. The van der Waals surface area contributed by atoms with Crippen molar-refractivity contribution in [2.45, 2.75) is 25.1 Å². The van der Waals surface area contributed by atoms with Crippen LogP contribution in [0.15, 0.2) is 57.5 Å². The number of carbonyl (C=O) groups is 2. The van der Waals surface area contributed by atoms with Crippen molar-refractivity contribution in [3.63, 3.8) is 0 Å². The molecule has 0 fully saturated rings. The quantitative estimate of drug-likeness (QED) is 0.354. The van der Waals surface area contributed by atoms with E-state index in [1.54, 1.807) is 0 Å². The Kier molecular flexibility index (Phi) is 8.95. The lowest BCUT2D eigenvalue weighted by Gasteiger charge is -2.01. The van der Waals surface area contributed by atoms with Crippen LogP contribution in [0.4, 0.5) is 0 Å². The van der Waals surface area contributed by atoms with Gasteiger partial charge in [-0.2, -0.15) is 0 Å². The van der Waals surface area contributed by atoms with Crippen LogP contribution in [0.1, 0.15) is 41.0 Å². The minimum absolute atomic E-state index is 0.112. The Hall–Kier alpha value is -0.780. The summed E-state index contributed by atoms with van der Waals surface area (Å²) in [5, 5.41) is 0. The van der Waals surface area contributed by atoms with Gasteiger partial charge < -0.3 is 0 Å². The second kappa shape index (κ2) is 10.2. The van der Waals surface area contributed by atoms with Crippen molar-refractivity contribution >= 4 is 59.4 Å². The molecule has 1 atom stereocenters. The molecule has 0 aliphatic rings. The molecule has 0 N–H and O–H groups in total. The van der Waals surface area contributed by atoms with Gasteiger partial charge in [0.25, 0.3) is 0 Å². The monoisotopic (exact) mass is 502 g/mol. The van der Waals surface area contributed by atoms with E-state index in [2.05, 4.69) is 47.8 Å². The lowest BCUT2D eigenvalue weighted by atomic mass is 10.1. The minimum atomic E-state index is -0.112. The summed E-state index contributed by atoms with van der Waals surface area (Å²) in [6.45, 7) is 3.69. The summed E-state index contributed by atoms with van der Waals surface area (Å²) in [6.07, 6.45) is 0.571. The SMILES string of the molecule is CC(Br)C(=O)c1ccc(Br)cc1.CCC(=O)c1ccc(Br)cc1. The Morgan fingerprint density at radius 3 is 1.61 bits per heavy atom. The Balaban J connectivity index is 0.000000231. The topological polar surface area (TPSA) is 34.1 Å². The van der Waals surface area contributed by atoms with E-state index in [0.29, 0.717) is 6.42 Å². The third-order valence-corrected chi connectivity index (χ3v) is 4.45. The molecule has 2 aromatic rings. The zero-order chi connectivity index (χ0) is 17.4. The van der Waals surface area contributed by atoms with Crippen LogP contribution in [-0.4, -0.2) is 16.4 Å². The summed E-state index contributed by atoms with van der Waals surface area (Å²) in [7, 11) is 0. The fraction of sp³-hybridized carbons (Fsp3) is 0.222. The Morgan fingerprint density at radius 2 is 1.26 bits per heavy atom. The van der Waals surface area contributed by atoms with Crippen LogP contribution in [-0.2, 0) is 0 Å². The highest BCUT2D eigenvalue weighted by Gasteiger charge is 2.10. The van der Waals surface area contributed by atoms with E-state index in [4.69, 9.17) is 0 Å². The highest BCUT2D eigenvalue weighted by Crippen LogP contribution is 2.14. The van der Waals surface area contributed by atoms with Gasteiger partial charge in [0.2, 0.25) is 0 Å². The van der Waals surface area contributed by atoms with Crippen LogP contribution in [0.25, 0.3) is 0 Å². The van der Waals surface area contributed by atoms with E-state index in [0.717, 1.165) is 20.1 Å². The highest BCUT2D eigenvalue weighted by molar-refractivity contribution is 9.10. The Bertz CT molecular complexity index is 647. The third kappa shape index (κ3) is 7.10. The van der Waals surface area contributed by atoms with Gasteiger partial charge in [-0.1, -0.05) is 79.0 Å². The van der Waals surface area contributed by atoms with Gasteiger partial charge in [0, 0.05) is 26.5 Å². The highest BCUT2D eigenvalue weighted by atomic mass is 79.9. The minimum Gasteiger partial charge on any atom is -0.294 e. The molecule has 0 radical (unpaired) electrons. The summed E-state index contributed by atoms with van der Waals surface area (Å²) in [5.41, 5.74) is 1.53. The number of carbonyl (C=O) groups excluding carboxylic acids is 2. The smallest absolute Gasteiger partial charge is 0.176 e. The molecular formula is C18H17Br3O2. The van der Waals surface area contributed by atoms with E-state index in [-0.39, 0.29) is 16.4 Å². The number of halogens is 3. The molecule has 0 bridgehead atoms. The number of hydrogen-bond donors (Lipinski definition) is 0. The predicted molar refractivity (Wildman–Crippen MR) is 106 cm³/mol. The van der Waals surface area contributed by atoms with E-state index in [1.165, 1.54) is 0 Å². The zero-order valence-corrected chi connectivity index (χ0v) is 17.6. The van der Waals surface area contributed by atoms with Gasteiger partial charge in [0.05, 0.1) is 4.83 Å². The molecule has 0 aromatic heterocycles. The molecule has 5 heteroatoms. The average Bonchev–Trinajstić information content (AvgIpc) is 2.55. The molecule has 2 rings (SSSR count). The first-order valence-electron chi connectivity index (χ1n) is 7.07. The average molecular weight is 505 g/mol. The summed E-state index contributed by atoms with van der Waals surface area (Å²) >= 11 is 9.85. The number of ketones is 2. The van der Waals surface area contributed by atoms with Crippen molar-refractivity contribution < 1.29 is 9.59 Å². The first kappa shape index (κ1) is 20.3. The van der Waals surface area contributed by atoms with Crippen molar-refractivity contribution in [2.24, 2.45) is 0 Å². The maximum atomic E-state index is 11.4. The third-order valence-electron chi connectivity index (χ3n) is 2.98. The van der Waals surface area contributed by atoms with Crippen LogP contribution in [0.2, 0.25) is 0 Å². The molecule has 0 saturated carbocycles. The van der Waals surface area contributed by atoms with Crippen molar-refractivity contribution in [3.8, 4) is 0 Å². The van der Waals surface area contributed by atoms with Gasteiger partial charge in [-0.3, -0.25) is 9.59 Å². The van der Waals surface area contributed by atoms with Crippen LogP contribution in [0, 0.1) is 0 Å². The predicted octanol–water partition coefficient (Wildman–Crippen LogP) is 6.46. The Labute approximate surface area is 162 Å². The van der Waals surface area contributed by atoms with Gasteiger partial charge in [-0.05, 0) is 31.2 Å². The molecule has 0 spiro atoms. The molecule has 0 aliphatic carbocycles. The van der Waals surface area contributed by atoms with Gasteiger partial charge in [0.1, 0.15) is 0 Å². The summed E-state index contributed by atoms with van der Waals surface area (Å²) < 4.78 is 1.99. The second-order valence-corrected chi connectivity index (χ2v) is 7.98. The van der Waals surface area contributed by atoms with E-state index >= 15 is 0 Å². The molecule has 0 amide bonds. The second-order valence-electron chi connectivity index (χ2n) is 4.77. The van der Waals surface area contributed by atoms with E-state index < -0.39 is 0 Å². The first-order chi connectivity index (χ1) is 10.8. The van der Waals surface area contributed by atoms with Gasteiger partial charge in [-0.15, -0.1) is 0 Å². The number of hydrogen-bond acceptors (Lipinski definition) is 2. The Morgan fingerprint density at radius 1 is 0.870 bits per heavy atom. The van der Waals surface area contributed by atoms with E-state index in [9.17, 15) is 9.59 Å². The standard InChI is InChI=1S/C9H8Br2O.C9H9BrO/c1-6(10)9(12)7-2-4-8(11)5-3-7;1-2-9(11)7-3-5-8(10)6-4-7/h2-6H,1H3;3-6H,2H2,1H3. The first-order valence-corrected chi connectivity index (χ1v) is 9.58. The van der Waals surface area contributed by atoms with Crippen LogP contribution in [0.3, 0.4) is 0 Å². The molecule has 0 saturated heterocycles. The molecule has 1 unspecified atom stereocenters. The number of rotatable bonds is 4. The van der Waals surface area contributed by atoms with Crippen molar-refractivity contribution in [3.05, 3.63) is 68.6 Å². The summed E-state index contributed by atoms with van der Waals surface area (Å²) in [5.74, 6) is 0.306. The fourth-order valence-corrected chi connectivity index (χ4v) is 2.48. The number of Topliss-reactive ketones (excluding diaryl/α,β-unsaturated/α-hetero) is 2. The largest absolute Gasteiger partial charge is 0.294 e. The number of benzene rings is 2. The molecule has 23 heavy (non-hydrogen) atoms. The van der Waals surface area contributed by atoms with Crippen molar-refractivity contribution in [1.82, 2.24) is 0 Å². The maximum absolute atomic E-state index is 11.4. The van der Waals surface area contributed by atoms with Crippen LogP contribution in [0.5, 0.6) is 0 Å². The molecule has 2 aromatic carbocycles. The molecule has 2 nitrogen and oxygen atoms in total. The molecule has 0 aliphatic heterocycles. The molecule has 0 heterocycles. The van der Waals surface area contributed by atoms with Gasteiger partial charge in [0.15, 0.2) is 11.6 Å². The van der Waals surface area contributed by atoms with Crippen molar-refractivity contribution in [2.75, 3.05) is 0 Å². The van der Waals surface area contributed by atoms with Crippen LogP contribution >= 0.6 is 47.8 Å². The number of alkyl halides is 1. The van der Waals surface area contributed by atoms with E-state index in [1.807, 2.05) is 62.4 Å². The lowest BCUT2D eigenvalue weighted by Crippen LogP contribution is -2.09. The summed E-state index contributed by atoms with van der Waals surface area (Å²) in [4.78, 5) is 22.4. The molecular weight excluding hydrogens is 488 g/mol.